The van der Waals surface area contributed by atoms with Gasteiger partial charge in [0, 0.05) is 0 Å². The summed E-state index contributed by atoms with van der Waals surface area (Å²) in [5.41, 5.74) is 3.97. The van der Waals surface area contributed by atoms with Crippen molar-refractivity contribution in [3.05, 3.63) is 115 Å². The number of hydrogen-bond acceptors (Lipinski definition) is 0. The molecule has 0 aliphatic rings. The van der Waals surface area contributed by atoms with Crippen molar-refractivity contribution in [1.82, 2.24) is 0 Å². The van der Waals surface area contributed by atoms with Gasteiger partial charge in [0.2, 0.25) is 0 Å². The van der Waals surface area contributed by atoms with Crippen molar-refractivity contribution in [3.8, 4) is 11.1 Å². The van der Waals surface area contributed by atoms with Crippen molar-refractivity contribution in [2.75, 3.05) is 0 Å². The monoisotopic (exact) mass is 352 g/mol. The van der Waals surface area contributed by atoms with Crippen LogP contribution in [0.25, 0.3) is 11.1 Å². The Kier molecular flexibility index (Phi) is 4.95. The molecule has 0 unspecified atom stereocenters. The van der Waals surface area contributed by atoms with Gasteiger partial charge in [0.05, 0.1) is 0 Å². The van der Waals surface area contributed by atoms with Crippen molar-refractivity contribution in [2.45, 2.75) is 6.92 Å². The van der Waals surface area contributed by atoms with Crippen LogP contribution in [0.15, 0.2) is 109 Å². The first-order chi connectivity index (χ1) is 12.8. The average Bonchev–Trinajstić information content (AvgIpc) is 2.72. The van der Waals surface area contributed by atoms with Crippen LogP contribution in [0.3, 0.4) is 0 Å². The summed E-state index contributed by atoms with van der Waals surface area (Å²) in [5.74, 6) is 0. The molecular formula is C25H21P. The molecule has 0 atom stereocenters. The molecule has 4 rings (SSSR count). The minimum atomic E-state index is -0.573. The number of hydrogen-bond donors (Lipinski definition) is 0. The fourth-order valence-electron chi connectivity index (χ4n) is 3.38. The average molecular weight is 352 g/mol. The Hall–Kier alpha value is -2.69. The molecule has 26 heavy (non-hydrogen) atoms. The van der Waals surface area contributed by atoms with E-state index >= 15 is 0 Å². The van der Waals surface area contributed by atoms with E-state index in [1.54, 1.807) is 0 Å². The molecule has 0 aliphatic heterocycles. The maximum absolute atomic E-state index is 2.30. The molecule has 4 aromatic carbocycles. The van der Waals surface area contributed by atoms with Crippen molar-refractivity contribution in [3.63, 3.8) is 0 Å². The highest BCUT2D eigenvalue weighted by Gasteiger charge is 2.19. The molecule has 0 bridgehead atoms. The zero-order chi connectivity index (χ0) is 17.8. The smallest absolute Gasteiger partial charge is 0.0116 e. The van der Waals surface area contributed by atoms with Gasteiger partial charge < -0.3 is 0 Å². The van der Waals surface area contributed by atoms with Crippen LogP contribution in [0.5, 0.6) is 0 Å². The lowest BCUT2D eigenvalue weighted by Crippen LogP contribution is -2.22. The van der Waals surface area contributed by atoms with Crippen LogP contribution < -0.4 is 15.9 Å². The van der Waals surface area contributed by atoms with E-state index in [0.717, 1.165) is 0 Å². The summed E-state index contributed by atoms with van der Waals surface area (Å²) in [4.78, 5) is 0. The lowest BCUT2D eigenvalue weighted by molar-refractivity contribution is 1.49. The van der Waals surface area contributed by atoms with Crippen LogP contribution in [-0.4, -0.2) is 0 Å². The lowest BCUT2D eigenvalue weighted by Gasteiger charge is -2.22. The molecule has 0 N–H and O–H groups in total. The van der Waals surface area contributed by atoms with Crippen molar-refractivity contribution in [2.24, 2.45) is 0 Å². The van der Waals surface area contributed by atoms with Gasteiger partial charge in [-0.2, -0.15) is 0 Å². The number of rotatable bonds is 4. The number of benzene rings is 4. The van der Waals surface area contributed by atoms with Crippen molar-refractivity contribution in [1.29, 1.82) is 0 Å². The quantitative estimate of drug-likeness (QED) is 0.430. The lowest BCUT2D eigenvalue weighted by atomic mass is 10.0. The molecule has 0 spiro atoms. The maximum atomic E-state index is 2.30. The van der Waals surface area contributed by atoms with Gasteiger partial charge in [-0.25, -0.2) is 0 Å². The van der Waals surface area contributed by atoms with Gasteiger partial charge in [0.1, 0.15) is 0 Å². The van der Waals surface area contributed by atoms with Crippen LogP contribution in [0, 0.1) is 6.92 Å². The molecule has 0 saturated heterocycles. The molecule has 0 heterocycles. The van der Waals surface area contributed by atoms with Crippen molar-refractivity contribution < 1.29 is 0 Å². The van der Waals surface area contributed by atoms with Gasteiger partial charge in [-0.3, -0.25) is 0 Å². The van der Waals surface area contributed by atoms with E-state index in [4.69, 9.17) is 0 Å². The Morgan fingerprint density at radius 2 is 1.00 bits per heavy atom. The Balaban J connectivity index is 1.90. The Labute approximate surface area is 156 Å². The molecule has 4 aromatic rings. The Bertz CT molecular complexity index is 937. The Morgan fingerprint density at radius 1 is 0.500 bits per heavy atom. The van der Waals surface area contributed by atoms with E-state index in [1.807, 2.05) is 0 Å². The molecular weight excluding hydrogens is 331 g/mol. The fraction of sp³-hybridized carbons (Fsp3) is 0.0400. The van der Waals surface area contributed by atoms with E-state index in [0.29, 0.717) is 0 Å². The van der Waals surface area contributed by atoms with E-state index in [-0.39, 0.29) is 0 Å². The minimum absolute atomic E-state index is 0.573. The molecule has 126 valence electrons. The third-order valence-corrected chi connectivity index (χ3v) is 7.26. The molecule has 1 heteroatoms. The first-order valence-corrected chi connectivity index (χ1v) is 10.2. The first-order valence-electron chi connectivity index (χ1n) is 8.90. The van der Waals surface area contributed by atoms with E-state index in [1.165, 1.54) is 32.6 Å². The molecule has 0 amide bonds. The van der Waals surface area contributed by atoms with Crippen LogP contribution >= 0.6 is 7.92 Å². The fourth-order valence-corrected chi connectivity index (χ4v) is 5.86. The highest BCUT2D eigenvalue weighted by Crippen LogP contribution is 2.36. The van der Waals surface area contributed by atoms with Crippen LogP contribution in [0.2, 0.25) is 0 Å². The summed E-state index contributed by atoms with van der Waals surface area (Å²) in [5, 5.41) is 4.21. The molecule has 0 saturated carbocycles. The maximum Gasteiger partial charge on any atom is -0.0116 e. The second-order valence-corrected chi connectivity index (χ2v) is 8.51. The summed E-state index contributed by atoms with van der Waals surface area (Å²) in [6.07, 6.45) is 0. The molecule has 0 radical (unpaired) electrons. The molecule has 0 aromatic heterocycles. The predicted molar refractivity (Wildman–Crippen MR) is 115 cm³/mol. The summed E-state index contributed by atoms with van der Waals surface area (Å²) in [6, 6.07) is 39.2. The summed E-state index contributed by atoms with van der Waals surface area (Å²) >= 11 is 0. The van der Waals surface area contributed by atoms with Crippen molar-refractivity contribution >= 4 is 23.8 Å². The van der Waals surface area contributed by atoms with Crippen LogP contribution in [0.4, 0.5) is 0 Å². The zero-order valence-electron chi connectivity index (χ0n) is 14.8. The van der Waals surface area contributed by atoms with Gasteiger partial charge >= 0.3 is 0 Å². The van der Waals surface area contributed by atoms with E-state index in [9.17, 15) is 0 Å². The van der Waals surface area contributed by atoms with Crippen LogP contribution in [0.1, 0.15) is 5.56 Å². The second kappa shape index (κ2) is 7.68. The van der Waals surface area contributed by atoms with Gasteiger partial charge in [0.15, 0.2) is 0 Å². The van der Waals surface area contributed by atoms with E-state index < -0.39 is 7.92 Å². The molecule has 0 aliphatic carbocycles. The Morgan fingerprint density at radius 3 is 1.54 bits per heavy atom. The predicted octanol–water partition coefficient (Wildman–Crippen LogP) is 5.42. The van der Waals surface area contributed by atoms with Gasteiger partial charge in [-0.05, 0) is 47.4 Å². The normalized spacial score (nSPS) is 10.8. The zero-order valence-corrected chi connectivity index (χ0v) is 15.7. The van der Waals surface area contributed by atoms with Gasteiger partial charge in [-0.1, -0.05) is 109 Å². The van der Waals surface area contributed by atoms with E-state index in [2.05, 4.69) is 116 Å². The summed E-state index contributed by atoms with van der Waals surface area (Å²) in [6.45, 7) is 2.26. The second-order valence-electron chi connectivity index (χ2n) is 6.32. The highest BCUT2D eigenvalue weighted by atomic mass is 31.1. The summed E-state index contributed by atoms with van der Waals surface area (Å²) in [7, 11) is -0.573. The van der Waals surface area contributed by atoms with Crippen LogP contribution in [-0.2, 0) is 0 Å². The minimum Gasteiger partial charge on any atom is -0.0622 e. The highest BCUT2D eigenvalue weighted by molar-refractivity contribution is 7.79. The molecule has 0 fully saturated rings. The first kappa shape index (κ1) is 16.8. The third-order valence-electron chi connectivity index (χ3n) is 4.66. The largest absolute Gasteiger partial charge is 0.0622 e. The molecule has 0 nitrogen and oxygen atoms in total. The summed E-state index contributed by atoms with van der Waals surface area (Å²) < 4.78 is 0. The standard InChI is InChI=1S/C25H21P/c1-20-24(21-12-5-2-6-13-21)18-11-19-25(20)26(22-14-7-3-8-15-22)23-16-9-4-10-17-23/h2-19H,1H3. The third kappa shape index (κ3) is 3.34. The topological polar surface area (TPSA) is 0 Å². The SMILES string of the molecule is Cc1c(-c2ccccc2)cccc1P(c1ccccc1)c1ccccc1. The van der Waals surface area contributed by atoms with Gasteiger partial charge in [-0.15, -0.1) is 0 Å². The van der Waals surface area contributed by atoms with Gasteiger partial charge in [0.25, 0.3) is 0 Å².